The molecule has 0 bridgehead atoms. The molecule has 9 heteroatoms. The summed E-state index contributed by atoms with van der Waals surface area (Å²) in [6, 6.07) is 2.94. The van der Waals surface area contributed by atoms with Crippen LogP contribution < -0.4 is 19.9 Å². The fourth-order valence-corrected chi connectivity index (χ4v) is 2.60. The van der Waals surface area contributed by atoms with Crippen molar-refractivity contribution in [1.29, 1.82) is 0 Å². The highest BCUT2D eigenvalue weighted by atomic mass is 35.5. The number of nitrogens with zero attached hydrogens (tertiary/aromatic N) is 1. The number of unbranched alkanes of at least 4 members (excludes halogenated alkanes) is 3. The van der Waals surface area contributed by atoms with E-state index in [4.69, 9.17) is 15.2 Å². The molecule has 0 fully saturated rings. The van der Waals surface area contributed by atoms with Gasteiger partial charge in [-0.05, 0) is 25.5 Å². The Morgan fingerprint density at radius 2 is 1.88 bits per heavy atom. The van der Waals surface area contributed by atoms with Crippen LogP contribution in [0.1, 0.15) is 37.7 Å². The molecule has 1 aromatic carbocycles. The largest absolute Gasteiger partial charge is 0.454 e. The third-order valence-electron chi connectivity index (χ3n) is 3.95. The van der Waals surface area contributed by atoms with E-state index in [9.17, 15) is 13.6 Å². The van der Waals surface area contributed by atoms with Gasteiger partial charge in [-0.3, -0.25) is 4.79 Å². The van der Waals surface area contributed by atoms with E-state index >= 15 is 0 Å². The zero-order valence-corrected chi connectivity index (χ0v) is 15.5. The Hall–Kier alpha value is -1.80. The molecule has 1 aliphatic rings. The molecule has 0 unspecified atom stereocenters. The highest BCUT2D eigenvalue weighted by Gasteiger charge is 2.21. The molecule has 0 spiro atoms. The maximum Gasteiger partial charge on any atom is 0.387 e. The van der Waals surface area contributed by atoms with Crippen molar-refractivity contribution in [1.82, 2.24) is 4.90 Å². The van der Waals surface area contributed by atoms with Crippen molar-refractivity contribution in [2.75, 3.05) is 20.4 Å². The van der Waals surface area contributed by atoms with Gasteiger partial charge >= 0.3 is 6.61 Å². The second-order valence-electron chi connectivity index (χ2n) is 5.89. The van der Waals surface area contributed by atoms with Crippen LogP contribution in [0.4, 0.5) is 8.78 Å². The van der Waals surface area contributed by atoms with Gasteiger partial charge in [0.15, 0.2) is 11.5 Å². The lowest BCUT2D eigenvalue weighted by Crippen LogP contribution is -2.26. The Labute approximate surface area is 158 Å². The molecule has 148 valence electrons. The minimum Gasteiger partial charge on any atom is -0.454 e. The number of halogens is 3. The van der Waals surface area contributed by atoms with Gasteiger partial charge in [0.1, 0.15) is 5.75 Å². The molecule has 2 rings (SSSR count). The lowest BCUT2D eigenvalue weighted by molar-refractivity contribution is -0.130. The van der Waals surface area contributed by atoms with E-state index in [1.54, 1.807) is 13.1 Å². The zero-order valence-electron chi connectivity index (χ0n) is 14.7. The summed E-state index contributed by atoms with van der Waals surface area (Å²) in [6.45, 7) is -2.11. The number of hydrogen-bond acceptors (Lipinski definition) is 5. The number of ether oxygens (including phenoxy) is 3. The summed E-state index contributed by atoms with van der Waals surface area (Å²) < 4.78 is 40.3. The summed E-state index contributed by atoms with van der Waals surface area (Å²) in [6.07, 6.45) is 4.10. The molecule has 1 aliphatic heterocycles. The van der Waals surface area contributed by atoms with E-state index in [2.05, 4.69) is 4.74 Å². The molecule has 26 heavy (non-hydrogen) atoms. The summed E-state index contributed by atoms with van der Waals surface area (Å²) >= 11 is 0. The van der Waals surface area contributed by atoms with Gasteiger partial charge in [-0.1, -0.05) is 12.8 Å². The maximum atomic E-state index is 12.6. The predicted octanol–water partition coefficient (Wildman–Crippen LogP) is 3.31. The third-order valence-corrected chi connectivity index (χ3v) is 3.95. The minimum atomic E-state index is -2.96. The molecule has 1 aromatic rings. The first-order chi connectivity index (χ1) is 12.0. The van der Waals surface area contributed by atoms with E-state index in [0.717, 1.165) is 25.7 Å². The van der Waals surface area contributed by atoms with Crippen molar-refractivity contribution in [3.05, 3.63) is 17.7 Å². The predicted molar refractivity (Wildman–Crippen MR) is 95.1 cm³/mol. The topological polar surface area (TPSA) is 74.0 Å². The van der Waals surface area contributed by atoms with Crippen LogP contribution in [-0.2, 0) is 11.3 Å². The Morgan fingerprint density at radius 3 is 2.54 bits per heavy atom. The van der Waals surface area contributed by atoms with Crippen LogP contribution in [0, 0.1) is 0 Å². The van der Waals surface area contributed by atoms with E-state index < -0.39 is 6.61 Å². The van der Waals surface area contributed by atoms with Gasteiger partial charge in [0.25, 0.3) is 0 Å². The van der Waals surface area contributed by atoms with Gasteiger partial charge in [-0.2, -0.15) is 8.78 Å². The average molecular weight is 395 g/mol. The Balaban J connectivity index is 0.00000338. The van der Waals surface area contributed by atoms with Crippen molar-refractivity contribution in [2.24, 2.45) is 5.73 Å². The number of benzene rings is 1. The molecule has 1 amide bonds. The number of rotatable bonds is 10. The first-order valence-electron chi connectivity index (χ1n) is 8.32. The second kappa shape index (κ2) is 11.0. The van der Waals surface area contributed by atoms with Gasteiger partial charge in [-0.25, -0.2) is 0 Å². The van der Waals surface area contributed by atoms with Crippen LogP contribution >= 0.6 is 12.4 Å². The summed E-state index contributed by atoms with van der Waals surface area (Å²) in [4.78, 5) is 13.7. The van der Waals surface area contributed by atoms with Gasteiger partial charge in [-0.15, -0.1) is 12.4 Å². The van der Waals surface area contributed by atoms with Gasteiger partial charge in [0.2, 0.25) is 12.7 Å². The van der Waals surface area contributed by atoms with Crippen molar-refractivity contribution in [3.8, 4) is 17.2 Å². The average Bonchev–Trinajstić information content (AvgIpc) is 3.01. The monoisotopic (exact) mass is 394 g/mol. The number of alkyl halides is 2. The Bertz CT molecular complexity index is 590. The van der Waals surface area contributed by atoms with Crippen molar-refractivity contribution < 1.29 is 27.8 Å². The lowest BCUT2D eigenvalue weighted by atomic mass is 10.1. The van der Waals surface area contributed by atoms with Crippen LogP contribution in [0.5, 0.6) is 17.2 Å². The van der Waals surface area contributed by atoms with Crippen molar-refractivity contribution in [2.45, 2.75) is 45.3 Å². The van der Waals surface area contributed by atoms with Crippen LogP contribution in [-0.4, -0.2) is 37.8 Å². The number of hydrogen-bond donors (Lipinski definition) is 1. The smallest absolute Gasteiger partial charge is 0.387 e. The molecular weight excluding hydrogens is 370 g/mol. The van der Waals surface area contributed by atoms with E-state index in [1.807, 2.05) is 0 Å². The third kappa shape index (κ3) is 6.49. The second-order valence-corrected chi connectivity index (χ2v) is 5.89. The first-order valence-corrected chi connectivity index (χ1v) is 8.32. The molecule has 0 aliphatic carbocycles. The molecule has 0 aromatic heterocycles. The molecule has 0 saturated carbocycles. The number of amides is 1. The SMILES string of the molecule is CN(Cc1cc2c(cc1OC(F)F)OCO2)C(=O)CCCCCCN.Cl. The van der Waals surface area contributed by atoms with Crippen molar-refractivity contribution in [3.63, 3.8) is 0 Å². The Morgan fingerprint density at radius 1 is 1.23 bits per heavy atom. The molecule has 0 saturated heterocycles. The molecule has 2 N–H and O–H groups in total. The van der Waals surface area contributed by atoms with Crippen LogP contribution in [0.25, 0.3) is 0 Å². The van der Waals surface area contributed by atoms with E-state index in [1.165, 1.54) is 11.0 Å². The molecule has 0 radical (unpaired) electrons. The number of carbonyl (C=O) groups is 1. The zero-order chi connectivity index (χ0) is 18.2. The van der Waals surface area contributed by atoms with E-state index in [-0.39, 0.29) is 37.4 Å². The molecule has 0 atom stereocenters. The fraction of sp³-hybridized carbons (Fsp3) is 0.588. The normalized spacial score (nSPS) is 12.0. The van der Waals surface area contributed by atoms with Crippen LogP contribution in [0.2, 0.25) is 0 Å². The lowest BCUT2D eigenvalue weighted by Gasteiger charge is -2.20. The highest BCUT2D eigenvalue weighted by molar-refractivity contribution is 5.85. The van der Waals surface area contributed by atoms with Crippen LogP contribution in [0.3, 0.4) is 0 Å². The minimum absolute atomic E-state index is 0. The Kier molecular flexibility index (Phi) is 9.43. The van der Waals surface area contributed by atoms with Crippen molar-refractivity contribution >= 4 is 18.3 Å². The molecule has 6 nitrogen and oxygen atoms in total. The molecule has 1 heterocycles. The fourth-order valence-electron chi connectivity index (χ4n) is 2.60. The van der Waals surface area contributed by atoms with Crippen LogP contribution in [0.15, 0.2) is 12.1 Å². The number of fused-ring (bicyclic) bond motifs is 1. The first kappa shape index (κ1) is 22.2. The number of carbonyl (C=O) groups excluding carboxylic acids is 1. The maximum absolute atomic E-state index is 12.6. The summed E-state index contributed by atoms with van der Waals surface area (Å²) in [5, 5.41) is 0. The van der Waals surface area contributed by atoms with E-state index in [0.29, 0.717) is 30.0 Å². The number of nitrogens with two attached hydrogens (primary N) is 1. The van der Waals surface area contributed by atoms with Gasteiger partial charge < -0.3 is 24.8 Å². The summed E-state index contributed by atoms with van der Waals surface area (Å²) in [5.74, 6) is 0.753. The standard InChI is InChI=1S/C17H24F2N2O4.ClH/c1-21(16(22)6-4-2-3-5-7-20)10-12-8-14-15(24-11-23-14)9-13(12)25-17(18)19;/h8-9,17H,2-7,10-11,20H2,1H3;1H. The highest BCUT2D eigenvalue weighted by Crippen LogP contribution is 2.39. The summed E-state index contributed by atoms with van der Waals surface area (Å²) in [7, 11) is 1.64. The van der Waals surface area contributed by atoms with Gasteiger partial charge in [0, 0.05) is 31.6 Å². The molecular formula is C17H25ClF2N2O4. The summed E-state index contributed by atoms with van der Waals surface area (Å²) in [5.41, 5.74) is 5.88. The van der Waals surface area contributed by atoms with Gasteiger partial charge in [0.05, 0.1) is 0 Å². The quantitative estimate of drug-likeness (QED) is 0.616.